The zero-order valence-electron chi connectivity index (χ0n) is 9.30. The van der Waals surface area contributed by atoms with Crippen LogP contribution in [-0.4, -0.2) is 48.0 Å². The Morgan fingerprint density at radius 3 is 3.18 bits per heavy atom. The van der Waals surface area contributed by atoms with E-state index in [4.69, 9.17) is 9.94 Å². The zero-order chi connectivity index (χ0) is 12.3. The number of amidine groups is 1. The van der Waals surface area contributed by atoms with Crippen molar-refractivity contribution in [3.05, 3.63) is 0 Å². The average molecular weight is 239 g/mol. The number of hydrogen-bond donors (Lipinski definition) is 3. The smallest absolute Gasteiger partial charge is 0.276 e. The third-order valence-electron chi connectivity index (χ3n) is 2.26. The first-order valence-corrected chi connectivity index (χ1v) is 5.23. The standard InChI is InChI=1S/C9H13N5O3/c1-2-3-17-4-9(14-16)12-7-6(8(15)13-9)10-5-11-7/h5,14,16H,2-4H2,1H3,(H,13,15). The fraction of sp³-hybridized carbons (Fsp3) is 0.556. The van der Waals surface area contributed by atoms with Crippen LogP contribution in [0.4, 0.5) is 0 Å². The SMILES string of the molecule is CCCOCC1(NO)N=C2N=CN=C2C(=O)N1. The van der Waals surface area contributed by atoms with Crippen LogP contribution in [0.3, 0.4) is 0 Å². The topological polar surface area (TPSA) is 108 Å². The number of aliphatic imine (C=N–C) groups is 3. The van der Waals surface area contributed by atoms with Gasteiger partial charge in [0, 0.05) is 6.61 Å². The summed E-state index contributed by atoms with van der Waals surface area (Å²) in [7, 11) is 0. The van der Waals surface area contributed by atoms with Crippen molar-refractivity contribution in [1.29, 1.82) is 0 Å². The Bertz CT molecular complexity index is 417. The molecular weight excluding hydrogens is 226 g/mol. The molecule has 0 aromatic rings. The van der Waals surface area contributed by atoms with Crippen LogP contribution in [0.1, 0.15) is 13.3 Å². The summed E-state index contributed by atoms with van der Waals surface area (Å²) in [4.78, 5) is 23.4. The maximum Gasteiger partial charge on any atom is 0.276 e. The van der Waals surface area contributed by atoms with Crippen LogP contribution >= 0.6 is 0 Å². The number of rotatable bonds is 5. The van der Waals surface area contributed by atoms with Crippen LogP contribution in [0, 0.1) is 0 Å². The molecule has 1 atom stereocenters. The second-order valence-corrected chi connectivity index (χ2v) is 3.64. The van der Waals surface area contributed by atoms with Crippen molar-refractivity contribution >= 4 is 23.8 Å². The molecule has 8 nitrogen and oxygen atoms in total. The maximum absolute atomic E-state index is 11.7. The van der Waals surface area contributed by atoms with Crippen LogP contribution in [0.15, 0.2) is 15.0 Å². The summed E-state index contributed by atoms with van der Waals surface area (Å²) in [6.07, 6.45) is 2.07. The molecule has 0 saturated heterocycles. The van der Waals surface area contributed by atoms with E-state index in [2.05, 4.69) is 20.3 Å². The van der Waals surface area contributed by atoms with Crippen LogP contribution in [0.5, 0.6) is 0 Å². The number of nitrogens with zero attached hydrogens (tertiary/aromatic N) is 3. The van der Waals surface area contributed by atoms with Gasteiger partial charge in [0.25, 0.3) is 5.91 Å². The van der Waals surface area contributed by atoms with E-state index in [0.29, 0.717) is 6.61 Å². The molecule has 3 N–H and O–H groups in total. The molecule has 2 aliphatic rings. The lowest BCUT2D eigenvalue weighted by Crippen LogP contribution is -2.64. The van der Waals surface area contributed by atoms with Crippen molar-refractivity contribution in [2.75, 3.05) is 13.2 Å². The van der Waals surface area contributed by atoms with E-state index in [1.807, 2.05) is 12.4 Å². The highest BCUT2D eigenvalue weighted by atomic mass is 16.5. The number of amides is 1. The van der Waals surface area contributed by atoms with Crippen molar-refractivity contribution < 1.29 is 14.7 Å². The van der Waals surface area contributed by atoms with Crippen LogP contribution < -0.4 is 10.8 Å². The Morgan fingerprint density at radius 2 is 2.47 bits per heavy atom. The molecular formula is C9H13N5O3. The summed E-state index contributed by atoms with van der Waals surface area (Å²) in [5.41, 5.74) is 2.09. The molecule has 17 heavy (non-hydrogen) atoms. The summed E-state index contributed by atoms with van der Waals surface area (Å²) in [5, 5.41) is 11.6. The monoisotopic (exact) mass is 239 g/mol. The first-order chi connectivity index (χ1) is 8.21. The lowest BCUT2D eigenvalue weighted by atomic mass is 10.2. The normalized spacial score (nSPS) is 26.4. The Morgan fingerprint density at radius 1 is 1.65 bits per heavy atom. The van der Waals surface area contributed by atoms with E-state index in [1.165, 1.54) is 6.34 Å². The first-order valence-electron chi connectivity index (χ1n) is 5.23. The zero-order valence-corrected chi connectivity index (χ0v) is 9.30. The highest BCUT2D eigenvalue weighted by Gasteiger charge is 2.40. The average Bonchev–Trinajstić information content (AvgIpc) is 2.78. The number of ether oxygens (including phenoxy) is 1. The molecule has 2 heterocycles. The fourth-order valence-corrected chi connectivity index (χ4v) is 1.48. The molecule has 0 saturated carbocycles. The molecule has 1 unspecified atom stereocenters. The van der Waals surface area contributed by atoms with E-state index >= 15 is 0 Å². The van der Waals surface area contributed by atoms with Crippen LogP contribution in [0.25, 0.3) is 0 Å². The number of hydrogen-bond acceptors (Lipinski definition) is 7. The van der Waals surface area contributed by atoms with E-state index in [0.717, 1.165) is 6.42 Å². The Labute approximate surface area is 97.5 Å². The van der Waals surface area contributed by atoms with E-state index in [9.17, 15) is 4.79 Å². The number of hydroxylamine groups is 1. The number of carbonyl (C=O) groups is 1. The third kappa shape index (κ3) is 2.23. The molecule has 92 valence electrons. The second-order valence-electron chi connectivity index (χ2n) is 3.64. The number of carbonyl (C=O) groups excluding carboxylic acids is 1. The molecule has 0 spiro atoms. The molecule has 2 rings (SSSR count). The third-order valence-corrected chi connectivity index (χ3v) is 2.26. The molecule has 0 radical (unpaired) electrons. The molecule has 0 aromatic carbocycles. The molecule has 0 bridgehead atoms. The summed E-state index contributed by atoms with van der Waals surface area (Å²) in [5.74, 6) is -1.65. The first kappa shape index (κ1) is 11.8. The predicted molar refractivity (Wildman–Crippen MR) is 60.3 cm³/mol. The minimum Gasteiger partial charge on any atom is -0.375 e. The molecule has 0 fully saturated rings. The summed E-state index contributed by atoms with van der Waals surface area (Å²) in [6, 6.07) is 0. The quantitative estimate of drug-likeness (QED) is 0.425. The van der Waals surface area contributed by atoms with Gasteiger partial charge in [-0.1, -0.05) is 6.92 Å². The molecule has 0 aromatic heterocycles. The molecule has 8 heteroatoms. The van der Waals surface area contributed by atoms with Gasteiger partial charge in [0.2, 0.25) is 5.79 Å². The second kappa shape index (κ2) is 4.70. The van der Waals surface area contributed by atoms with Gasteiger partial charge in [-0.15, -0.1) is 0 Å². The largest absolute Gasteiger partial charge is 0.375 e. The predicted octanol–water partition coefficient (Wildman–Crippen LogP) is -0.943. The van der Waals surface area contributed by atoms with Gasteiger partial charge in [0.05, 0.1) is 0 Å². The van der Waals surface area contributed by atoms with Gasteiger partial charge >= 0.3 is 0 Å². The van der Waals surface area contributed by atoms with Gasteiger partial charge in [0.15, 0.2) is 11.5 Å². The molecule has 1 amide bonds. The lowest BCUT2D eigenvalue weighted by molar-refractivity contribution is -0.121. The van der Waals surface area contributed by atoms with Crippen LogP contribution in [0.2, 0.25) is 0 Å². The number of nitrogens with one attached hydrogen (secondary N) is 2. The lowest BCUT2D eigenvalue weighted by Gasteiger charge is -2.31. The van der Waals surface area contributed by atoms with Crippen LogP contribution in [-0.2, 0) is 9.53 Å². The van der Waals surface area contributed by atoms with Gasteiger partial charge in [-0.3, -0.25) is 4.79 Å². The van der Waals surface area contributed by atoms with Crippen molar-refractivity contribution in [2.24, 2.45) is 15.0 Å². The minimum atomic E-state index is -1.39. The highest BCUT2D eigenvalue weighted by molar-refractivity contribution is 6.69. The molecule has 2 aliphatic heterocycles. The van der Waals surface area contributed by atoms with Crippen molar-refractivity contribution in [2.45, 2.75) is 19.1 Å². The summed E-state index contributed by atoms with van der Waals surface area (Å²) in [6.45, 7) is 2.47. The Kier molecular flexibility index (Phi) is 3.27. The number of fused-ring (bicyclic) bond motifs is 1. The Hall–Kier alpha value is -1.64. The van der Waals surface area contributed by atoms with Gasteiger partial charge < -0.3 is 15.3 Å². The van der Waals surface area contributed by atoms with Crippen molar-refractivity contribution in [3.8, 4) is 0 Å². The highest BCUT2D eigenvalue weighted by Crippen LogP contribution is 2.12. The fourth-order valence-electron chi connectivity index (χ4n) is 1.48. The van der Waals surface area contributed by atoms with Crippen molar-refractivity contribution in [3.63, 3.8) is 0 Å². The van der Waals surface area contributed by atoms with Gasteiger partial charge in [0.1, 0.15) is 12.9 Å². The van der Waals surface area contributed by atoms with E-state index < -0.39 is 11.7 Å². The van der Waals surface area contributed by atoms with Gasteiger partial charge in [-0.05, 0) is 6.42 Å². The summed E-state index contributed by atoms with van der Waals surface area (Å²) >= 11 is 0. The summed E-state index contributed by atoms with van der Waals surface area (Å²) < 4.78 is 5.28. The van der Waals surface area contributed by atoms with Gasteiger partial charge in [-0.2, -0.15) is 5.48 Å². The van der Waals surface area contributed by atoms with E-state index in [1.54, 1.807) is 0 Å². The molecule has 0 aliphatic carbocycles. The minimum absolute atomic E-state index is 0.00931. The maximum atomic E-state index is 11.7. The van der Waals surface area contributed by atoms with E-state index in [-0.39, 0.29) is 18.2 Å². The Balaban J connectivity index is 2.18. The van der Waals surface area contributed by atoms with Gasteiger partial charge in [-0.25, -0.2) is 15.0 Å². The van der Waals surface area contributed by atoms with Crippen molar-refractivity contribution in [1.82, 2.24) is 10.8 Å².